The van der Waals surface area contributed by atoms with E-state index in [1.165, 1.54) is 0 Å². The quantitative estimate of drug-likeness (QED) is 0.427. The molecule has 1 rings (SSSR count). The van der Waals surface area contributed by atoms with Crippen molar-refractivity contribution in [2.24, 2.45) is 0 Å². The van der Waals surface area contributed by atoms with Gasteiger partial charge in [-0.2, -0.15) is 0 Å². The average Bonchev–Trinajstić information content (AvgIpc) is 2.12. The van der Waals surface area contributed by atoms with Crippen LogP contribution in [0, 0.1) is 7.14 Å². The van der Waals surface area contributed by atoms with Crippen molar-refractivity contribution in [2.45, 2.75) is 19.6 Å². The molecule has 0 heterocycles. The number of nitrogens with one attached hydrogen (secondary N) is 1. The maximum atomic E-state index is 11.7. The first kappa shape index (κ1) is 17.4. The van der Waals surface area contributed by atoms with Crippen molar-refractivity contribution in [3.05, 3.63) is 24.8 Å². The summed E-state index contributed by atoms with van der Waals surface area (Å²) in [5.41, 5.74) is 0.756. The van der Waals surface area contributed by atoms with Crippen LogP contribution in [0.3, 0.4) is 0 Å². The second kappa shape index (κ2) is 8.49. The predicted octanol–water partition coefficient (Wildman–Crippen LogP) is -1.56. The molecule has 0 aliphatic carbocycles. The van der Waals surface area contributed by atoms with Gasteiger partial charge in [0.25, 0.3) is 0 Å². The average molecular weight is 455 g/mol. The van der Waals surface area contributed by atoms with Crippen molar-refractivity contribution in [1.82, 2.24) is 5.32 Å². The Labute approximate surface area is 145 Å². The molecule has 6 heteroatoms. The molecule has 1 aromatic carbocycles. The SMILES string of the molecule is CC(O)CNCc1cc(I)cc(I)c1[O-].[Na+]. The van der Waals surface area contributed by atoms with E-state index in [9.17, 15) is 5.11 Å². The van der Waals surface area contributed by atoms with E-state index in [1.807, 2.05) is 34.7 Å². The van der Waals surface area contributed by atoms with Gasteiger partial charge >= 0.3 is 29.6 Å². The van der Waals surface area contributed by atoms with Crippen LogP contribution in [0.15, 0.2) is 12.1 Å². The summed E-state index contributed by atoms with van der Waals surface area (Å²) < 4.78 is 1.80. The second-order valence-corrected chi connectivity index (χ2v) is 5.76. The van der Waals surface area contributed by atoms with Crippen LogP contribution in [-0.4, -0.2) is 17.8 Å². The zero-order valence-corrected chi connectivity index (χ0v) is 15.6. The van der Waals surface area contributed by atoms with Crippen LogP contribution < -0.4 is 40.0 Å². The fourth-order valence-corrected chi connectivity index (χ4v) is 3.13. The molecule has 0 aromatic heterocycles. The summed E-state index contributed by atoms with van der Waals surface area (Å²) in [6.45, 7) is 2.72. The minimum absolute atomic E-state index is 0. The van der Waals surface area contributed by atoms with Gasteiger partial charge in [0.05, 0.1) is 6.10 Å². The molecule has 0 radical (unpaired) electrons. The van der Waals surface area contributed by atoms with Gasteiger partial charge in [-0.3, -0.25) is 0 Å². The third-order valence-electron chi connectivity index (χ3n) is 1.84. The molecule has 84 valence electrons. The van der Waals surface area contributed by atoms with Crippen LogP contribution in [0.1, 0.15) is 12.5 Å². The fraction of sp³-hybridized carbons (Fsp3) is 0.400. The van der Waals surface area contributed by atoms with Gasteiger partial charge in [0.15, 0.2) is 0 Å². The molecule has 16 heavy (non-hydrogen) atoms. The summed E-state index contributed by atoms with van der Waals surface area (Å²) in [6, 6.07) is 3.74. The van der Waals surface area contributed by atoms with Crippen LogP contribution in [0.25, 0.3) is 0 Å². The molecule has 0 bridgehead atoms. The molecule has 3 nitrogen and oxygen atoms in total. The summed E-state index contributed by atoms with van der Waals surface area (Å²) >= 11 is 4.24. The summed E-state index contributed by atoms with van der Waals surface area (Å²) in [4.78, 5) is 0. The Morgan fingerprint density at radius 2 is 2.06 bits per heavy atom. The van der Waals surface area contributed by atoms with Gasteiger partial charge in [0.2, 0.25) is 0 Å². The number of halogens is 2. The zero-order chi connectivity index (χ0) is 11.4. The van der Waals surface area contributed by atoms with Gasteiger partial charge in [0.1, 0.15) is 0 Å². The van der Waals surface area contributed by atoms with Crippen molar-refractivity contribution in [1.29, 1.82) is 0 Å². The van der Waals surface area contributed by atoms with Crippen LogP contribution in [0.4, 0.5) is 0 Å². The Kier molecular flexibility index (Phi) is 9.24. The van der Waals surface area contributed by atoms with Crippen molar-refractivity contribution < 1.29 is 39.8 Å². The van der Waals surface area contributed by atoms with E-state index in [0.717, 1.165) is 12.7 Å². The summed E-state index contributed by atoms with van der Waals surface area (Å²) in [6.07, 6.45) is -0.387. The maximum absolute atomic E-state index is 11.7. The summed E-state index contributed by atoms with van der Waals surface area (Å²) in [5.74, 6) is 0.0779. The molecule has 0 fully saturated rings. The third kappa shape index (κ3) is 5.83. The molecule has 0 aliphatic rings. The maximum Gasteiger partial charge on any atom is 1.00 e. The van der Waals surface area contributed by atoms with E-state index < -0.39 is 0 Å². The second-order valence-electron chi connectivity index (χ2n) is 3.36. The monoisotopic (exact) mass is 455 g/mol. The largest absolute Gasteiger partial charge is 1.00 e. The standard InChI is InChI=1S/C10H13I2NO2.Na/c1-6(14)4-13-5-7-2-8(11)3-9(12)10(7)15;/h2-3,6,13-15H,4-5H2,1H3;/q;+1/p-1. The number of benzene rings is 1. The molecule has 0 saturated carbocycles. The van der Waals surface area contributed by atoms with Crippen molar-refractivity contribution in [2.75, 3.05) is 6.54 Å². The molecular formula is C10H12I2NNaO2. The Bertz CT molecular complexity index is 348. The minimum Gasteiger partial charge on any atom is -0.872 e. The summed E-state index contributed by atoms with van der Waals surface area (Å²) in [7, 11) is 0. The van der Waals surface area contributed by atoms with Crippen LogP contribution in [0.5, 0.6) is 5.75 Å². The number of aliphatic hydroxyl groups excluding tert-OH is 1. The van der Waals surface area contributed by atoms with E-state index in [1.54, 1.807) is 6.92 Å². The van der Waals surface area contributed by atoms with E-state index in [0.29, 0.717) is 13.1 Å². The zero-order valence-electron chi connectivity index (χ0n) is 9.26. The molecule has 1 aromatic rings. The molecule has 1 atom stereocenters. The van der Waals surface area contributed by atoms with Crippen LogP contribution in [0.2, 0.25) is 0 Å². The minimum atomic E-state index is -0.387. The van der Waals surface area contributed by atoms with E-state index in [2.05, 4.69) is 27.9 Å². The topological polar surface area (TPSA) is 55.3 Å². The van der Waals surface area contributed by atoms with Crippen LogP contribution in [-0.2, 0) is 6.54 Å². The van der Waals surface area contributed by atoms with Gasteiger partial charge in [-0.1, -0.05) is 5.75 Å². The van der Waals surface area contributed by atoms with Gasteiger partial charge in [-0.05, 0) is 69.8 Å². The molecule has 0 saturated heterocycles. The Morgan fingerprint density at radius 1 is 1.44 bits per heavy atom. The summed E-state index contributed by atoms with van der Waals surface area (Å²) in [5, 5.41) is 23.8. The first-order valence-corrected chi connectivity index (χ1v) is 6.70. The normalized spacial score (nSPS) is 12.0. The predicted molar refractivity (Wildman–Crippen MR) is 74.7 cm³/mol. The van der Waals surface area contributed by atoms with Crippen molar-refractivity contribution >= 4 is 45.2 Å². The Morgan fingerprint density at radius 3 is 2.62 bits per heavy atom. The number of hydrogen-bond acceptors (Lipinski definition) is 3. The van der Waals surface area contributed by atoms with E-state index in [4.69, 9.17) is 5.11 Å². The Balaban J connectivity index is 0.00000225. The molecule has 2 N–H and O–H groups in total. The molecular weight excluding hydrogens is 443 g/mol. The van der Waals surface area contributed by atoms with Crippen molar-refractivity contribution in [3.8, 4) is 5.75 Å². The van der Waals surface area contributed by atoms with Crippen LogP contribution >= 0.6 is 45.2 Å². The Hall–Kier alpha value is 1.40. The van der Waals surface area contributed by atoms with E-state index >= 15 is 0 Å². The molecule has 0 amide bonds. The van der Waals surface area contributed by atoms with Crippen molar-refractivity contribution in [3.63, 3.8) is 0 Å². The molecule has 0 spiro atoms. The smallest absolute Gasteiger partial charge is 0.872 e. The molecule has 1 unspecified atom stereocenters. The number of rotatable bonds is 4. The van der Waals surface area contributed by atoms with E-state index in [-0.39, 0.29) is 41.4 Å². The van der Waals surface area contributed by atoms with Gasteiger partial charge in [-0.15, -0.1) is 0 Å². The fourth-order valence-electron chi connectivity index (χ4n) is 1.16. The number of hydrogen-bond donors (Lipinski definition) is 2. The molecule has 0 aliphatic heterocycles. The van der Waals surface area contributed by atoms with Gasteiger partial charge < -0.3 is 15.5 Å². The number of aliphatic hydroxyl groups is 1. The van der Waals surface area contributed by atoms with Gasteiger partial charge in [-0.25, -0.2) is 0 Å². The first-order chi connectivity index (χ1) is 7.00. The van der Waals surface area contributed by atoms with Gasteiger partial charge in [0, 0.05) is 20.2 Å². The third-order valence-corrected chi connectivity index (χ3v) is 3.26. The first-order valence-electron chi connectivity index (χ1n) is 4.54.